The molecule has 1 rings (SSSR count). The minimum absolute atomic E-state index is 0.130. The predicted octanol–water partition coefficient (Wildman–Crippen LogP) is 18.9. The Bertz CT molecular complexity index is 1190. The molecule has 466 valence electrons. The van der Waals surface area contributed by atoms with Crippen LogP contribution in [-0.2, 0) is 14.3 Å². The van der Waals surface area contributed by atoms with E-state index in [-0.39, 0.29) is 12.5 Å². The highest BCUT2D eigenvalue weighted by molar-refractivity contribution is 5.76. The summed E-state index contributed by atoms with van der Waals surface area (Å²) in [5.41, 5.74) is 0. The lowest BCUT2D eigenvalue weighted by Gasteiger charge is -2.40. The van der Waals surface area contributed by atoms with E-state index in [0.29, 0.717) is 12.8 Å². The van der Waals surface area contributed by atoms with Gasteiger partial charge < -0.3 is 40.3 Å². The first-order chi connectivity index (χ1) is 38.3. The molecule has 1 amide bonds. The van der Waals surface area contributed by atoms with Gasteiger partial charge in [0.05, 0.1) is 25.4 Å². The molecule has 1 saturated heterocycles. The zero-order chi connectivity index (χ0) is 56.5. The third-order valence-corrected chi connectivity index (χ3v) is 17.5. The number of carbonyl (C=O) groups is 1. The maximum absolute atomic E-state index is 13.1. The van der Waals surface area contributed by atoms with Crippen LogP contribution in [0, 0.1) is 0 Å². The van der Waals surface area contributed by atoms with Crippen molar-refractivity contribution in [1.29, 1.82) is 0 Å². The van der Waals surface area contributed by atoms with Crippen molar-refractivity contribution in [2.75, 3.05) is 13.2 Å². The Morgan fingerprint density at radius 3 is 0.910 bits per heavy atom. The first-order valence-corrected chi connectivity index (χ1v) is 35.2. The second-order valence-corrected chi connectivity index (χ2v) is 25.0. The van der Waals surface area contributed by atoms with Gasteiger partial charge in [-0.15, -0.1) is 0 Å². The van der Waals surface area contributed by atoms with Crippen LogP contribution < -0.4 is 5.32 Å². The average molecular weight is 1110 g/mol. The smallest absolute Gasteiger partial charge is 0.220 e. The van der Waals surface area contributed by atoms with Crippen LogP contribution in [0.25, 0.3) is 0 Å². The zero-order valence-corrected chi connectivity index (χ0v) is 52.2. The van der Waals surface area contributed by atoms with E-state index in [1.807, 2.05) is 0 Å². The molecule has 1 heterocycles. The molecule has 9 heteroatoms. The molecule has 0 aromatic rings. The van der Waals surface area contributed by atoms with Crippen LogP contribution in [0.1, 0.15) is 380 Å². The van der Waals surface area contributed by atoms with Gasteiger partial charge in [0, 0.05) is 6.42 Å². The summed E-state index contributed by atoms with van der Waals surface area (Å²) in [6.45, 7) is 3.91. The second kappa shape index (κ2) is 59.4. The topological polar surface area (TPSA) is 149 Å². The van der Waals surface area contributed by atoms with Crippen molar-refractivity contribution in [3.8, 4) is 0 Å². The van der Waals surface area contributed by atoms with Crippen LogP contribution in [0.2, 0.25) is 0 Å². The van der Waals surface area contributed by atoms with Crippen molar-refractivity contribution < 1.29 is 39.8 Å². The van der Waals surface area contributed by atoms with E-state index in [4.69, 9.17) is 9.47 Å². The minimum Gasteiger partial charge on any atom is -0.394 e. The molecule has 0 aliphatic carbocycles. The maximum atomic E-state index is 13.1. The molecular weight excluding hydrogens is 971 g/mol. The van der Waals surface area contributed by atoms with E-state index in [2.05, 4.69) is 19.2 Å². The standard InChI is InChI=1S/C69H137NO8/c1-3-5-7-9-11-13-15-17-19-21-23-25-26-27-28-29-30-31-32-33-34-35-36-37-39-41-43-45-47-49-51-53-55-57-59-65(73)70-62(61-77-69-68(76)67(75)66(74)64(60-71)78-69)63(72)58-56-54-52-50-48-46-44-42-40-38-24-22-20-18-16-14-12-10-8-6-4-2/h62-64,66-69,71-72,74-76H,3-61H2,1-2H3,(H,70,73). The lowest BCUT2D eigenvalue weighted by Crippen LogP contribution is -2.60. The van der Waals surface area contributed by atoms with Gasteiger partial charge in [-0.3, -0.25) is 4.79 Å². The lowest BCUT2D eigenvalue weighted by atomic mass is 9.99. The number of hydrogen-bond donors (Lipinski definition) is 6. The molecular formula is C69H137NO8. The largest absolute Gasteiger partial charge is 0.394 e. The Morgan fingerprint density at radius 2 is 0.641 bits per heavy atom. The number of hydrogen-bond acceptors (Lipinski definition) is 8. The number of unbranched alkanes of at least 4 members (excludes halogenated alkanes) is 53. The third kappa shape index (κ3) is 47.7. The fourth-order valence-electron chi connectivity index (χ4n) is 11.9. The predicted molar refractivity (Wildman–Crippen MR) is 332 cm³/mol. The molecule has 1 aliphatic rings. The molecule has 0 radical (unpaired) electrons. The van der Waals surface area contributed by atoms with E-state index in [1.165, 1.54) is 315 Å². The fourth-order valence-corrected chi connectivity index (χ4v) is 11.9. The van der Waals surface area contributed by atoms with E-state index in [9.17, 15) is 30.3 Å². The van der Waals surface area contributed by atoms with Crippen molar-refractivity contribution >= 4 is 5.91 Å². The van der Waals surface area contributed by atoms with Gasteiger partial charge in [-0.2, -0.15) is 0 Å². The molecule has 7 atom stereocenters. The van der Waals surface area contributed by atoms with Crippen LogP contribution in [-0.4, -0.2) is 87.5 Å². The van der Waals surface area contributed by atoms with Crippen LogP contribution in [0.4, 0.5) is 0 Å². The van der Waals surface area contributed by atoms with Gasteiger partial charge in [-0.25, -0.2) is 0 Å². The summed E-state index contributed by atoms with van der Waals surface area (Å²) in [5, 5.41) is 54.9. The average Bonchev–Trinajstić information content (AvgIpc) is 3.45. The van der Waals surface area contributed by atoms with Gasteiger partial charge in [0.2, 0.25) is 5.91 Å². The van der Waals surface area contributed by atoms with Gasteiger partial charge in [0.25, 0.3) is 0 Å². The summed E-state index contributed by atoms with van der Waals surface area (Å²) in [4.78, 5) is 13.1. The Labute approximate surface area is 484 Å². The highest BCUT2D eigenvalue weighted by Crippen LogP contribution is 2.24. The molecule has 0 aromatic carbocycles. The monoisotopic (exact) mass is 1110 g/mol. The van der Waals surface area contributed by atoms with E-state index < -0.39 is 49.5 Å². The number of rotatable bonds is 63. The molecule has 0 bridgehead atoms. The second-order valence-electron chi connectivity index (χ2n) is 25.0. The first-order valence-electron chi connectivity index (χ1n) is 35.2. The van der Waals surface area contributed by atoms with Crippen molar-refractivity contribution in [2.45, 2.75) is 423 Å². The lowest BCUT2D eigenvalue weighted by molar-refractivity contribution is -0.302. The van der Waals surface area contributed by atoms with Crippen molar-refractivity contribution in [1.82, 2.24) is 5.32 Å². The van der Waals surface area contributed by atoms with Crippen LogP contribution in [0.3, 0.4) is 0 Å². The minimum atomic E-state index is -1.55. The van der Waals surface area contributed by atoms with Crippen molar-refractivity contribution in [3.63, 3.8) is 0 Å². The summed E-state index contributed by atoms with van der Waals surface area (Å²) in [7, 11) is 0. The maximum Gasteiger partial charge on any atom is 0.220 e. The Hall–Kier alpha value is -0.810. The number of amides is 1. The summed E-state index contributed by atoms with van der Waals surface area (Å²) in [6, 6.07) is -0.715. The number of aliphatic hydroxyl groups excluding tert-OH is 5. The molecule has 1 aliphatic heterocycles. The van der Waals surface area contributed by atoms with Gasteiger partial charge >= 0.3 is 0 Å². The number of ether oxygens (including phenoxy) is 2. The number of nitrogens with one attached hydrogen (secondary N) is 1. The molecule has 0 spiro atoms. The van der Waals surface area contributed by atoms with Gasteiger partial charge in [0.15, 0.2) is 6.29 Å². The summed E-state index contributed by atoms with van der Waals surface area (Å²) in [6.07, 6.45) is 67.5. The quantitative estimate of drug-likeness (QED) is 0.0330. The highest BCUT2D eigenvalue weighted by atomic mass is 16.7. The van der Waals surface area contributed by atoms with E-state index >= 15 is 0 Å². The number of aliphatic hydroxyl groups is 5. The highest BCUT2D eigenvalue weighted by Gasteiger charge is 2.44. The Kier molecular flexibility index (Phi) is 57.2. The SMILES string of the molecule is CCCCCCCCCCCCCCCCCCCCCCCCCCCCCCCCCCCCC(=O)NC(COC1OC(CO)C(O)C(O)C1O)C(O)CCCCCCCCCCCCCCCCCCCCCCC. The molecule has 6 N–H and O–H groups in total. The molecule has 1 fully saturated rings. The first kappa shape index (κ1) is 75.2. The van der Waals surface area contributed by atoms with Gasteiger partial charge in [0.1, 0.15) is 24.4 Å². The summed E-state index contributed by atoms with van der Waals surface area (Å²) >= 11 is 0. The van der Waals surface area contributed by atoms with E-state index in [0.717, 1.165) is 38.5 Å². The molecule has 78 heavy (non-hydrogen) atoms. The van der Waals surface area contributed by atoms with Crippen molar-refractivity contribution in [3.05, 3.63) is 0 Å². The Balaban J connectivity index is 2.06. The van der Waals surface area contributed by atoms with Gasteiger partial charge in [-0.1, -0.05) is 361 Å². The number of carbonyl (C=O) groups excluding carboxylic acids is 1. The van der Waals surface area contributed by atoms with Crippen LogP contribution in [0.15, 0.2) is 0 Å². The fraction of sp³-hybridized carbons (Fsp3) is 0.986. The van der Waals surface area contributed by atoms with Crippen molar-refractivity contribution in [2.24, 2.45) is 0 Å². The van der Waals surface area contributed by atoms with Gasteiger partial charge in [-0.05, 0) is 12.8 Å². The molecule has 9 nitrogen and oxygen atoms in total. The van der Waals surface area contributed by atoms with Crippen LogP contribution in [0.5, 0.6) is 0 Å². The summed E-state index contributed by atoms with van der Waals surface area (Å²) < 4.78 is 11.4. The summed E-state index contributed by atoms with van der Waals surface area (Å²) in [5.74, 6) is -0.133. The zero-order valence-electron chi connectivity index (χ0n) is 52.2. The normalized spacial score (nSPS) is 18.5. The third-order valence-electron chi connectivity index (χ3n) is 17.5. The van der Waals surface area contributed by atoms with E-state index in [1.54, 1.807) is 0 Å². The molecule has 0 aromatic heterocycles. The Morgan fingerprint density at radius 1 is 0.385 bits per heavy atom. The van der Waals surface area contributed by atoms with Crippen LogP contribution >= 0.6 is 0 Å². The molecule has 0 saturated carbocycles. The molecule has 7 unspecified atom stereocenters.